The highest BCUT2D eigenvalue weighted by molar-refractivity contribution is 5.72. The van der Waals surface area contributed by atoms with E-state index in [1.165, 1.54) is 36.8 Å². The van der Waals surface area contributed by atoms with E-state index in [-0.39, 0.29) is 22.9 Å². The van der Waals surface area contributed by atoms with Crippen LogP contribution in [0.2, 0.25) is 0 Å². The van der Waals surface area contributed by atoms with Crippen LogP contribution in [-0.2, 0) is 9.53 Å². The van der Waals surface area contributed by atoms with Gasteiger partial charge in [-0.05, 0) is 84.3 Å². The predicted octanol–water partition coefficient (Wildman–Crippen LogP) is 5.66. The zero-order valence-electron chi connectivity index (χ0n) is 21.1. The molecule has 0 aromatic carbocycles. The van der Waals surface area contributed by atoms with Gasteiger partial charge in [0.1, 0.15) is 6.10 Å². The Morgan fingerprint density at radius 3 is 2.61 bits per heavy atom. The summed E-state index contributed by atoms with van der Waals surface area (Å²) in [5.41, 5.74) is 4.95. The van der Waals surface area contributed by atoms with Gasteiger partial charge < -0.3 is 9.22 Å². The first-order chi connectivity index (χ1) is 15.6. The molecular formula is C29H41N2O2+. The normalized spacial score (nSPS) is 37.8. The van der Waals surface area contributed by atoms with Gasteiger partial charge in [0.05, 0.1) is 21.1 Å². The van der Waals surface area contributed by atoms with Crippen molar-refractivity contribution in [2.45, 2.75) is 64.9 Å². The van der Waals surface area contributed by atoms with E-state index < -0.39 is 0 Å². The number of hydrogen-bond acceptors (Lipinski definition) is 3. The van der Waals surface area contributed by atoms with E-state index in [2.05, 4.69) is 43.1 Å². The van der Waals surface area contributed by atoms with Crippen molar-refractivity contribution in [2.24, 2.45) is 28.6 Å². The largest absolute Gasteiger partial charge is 0.458 e. The highest BCUT2D eigenvalue weighted by Crippen LogP contribution is 2.66. The maximum absolute atomic E-state index is 12.4. The number of pyridine rings is 1. The lowest BCUT2D eigenvalue weighted by atomic mass is 9.47. The van der Waals surface area contributed by atoms with Crippen LogP contribution >= 0.6 is 0 Å². The molecule has 6 atom stereocenters. The molecule has 0 saturated heterocycles. The van der Waals surface area contributed by atoms with Crippen molar-refractivity contribution in [2.75, 3.05) is 27.7 Å². The minimum Gasteiger partial charge on any atom is -0.458 e. The number of nitrogens with zero attached hydrogens (tertiary/aromatic N) is 2. The molecule has 33 heavy (non-hydrogen) atoms. The van der Waals surface area contributed by atoms with E-state index in [1.54, 1.807) is 5.57 Å². The zero-order chi connectivity index (χ0) is 23.4. The number of rotatable bonds is 4. The fourth-order valence-corrected chi connectivity index (χ4v) is 7.88. The summed E-state index contributed by atoms with van der Waals surface area (Å²) in [4.78, 5) is 16.8. The van der Waals surface area contributed by atoms with Crippen molar-refractivity contribution in [1.82, 2.24) is 4.98 Å². The Kier molecular flexibility index (Phi) is 5.59. The topological polar surface area (TPSA) is 39.2 Å². The van der Waals surface area contributed by atoms with Gasteiger partial charge in [-0.2, -0.15) is 0 Å². The first-order valence-electron chi connectivity index (χ1n) is 12.9. The Balaban J connectivity index is 1.32. The first kappa shape index (κ1) is 22.8. The summed E-state index contributed by atoms with van der Waals surface area (Å²) in [7, 11) is 6.12. The molecule has 0 N–H and O–H groups in total. The Labute approximate surface area is 199 Å². The highest BCUT2D eigenvalue weighted by Gasteiger charge is 2.57. The molecule has 2 fully saturated rings. The standard InChI is InChI=1S/C29H41N2O2/c1-28-14-12-22(33-27(32)19-31(3,4)5)17-21(28)8-9-23-25-11-10-24(20-7-6-16-30-18-20)29(25,2)15-13-26(23)28/h6-8,10,16,18,22-23,25-26H,9,11-15,17,19H2,1-5H3/q+1/t22-,23?,25?,26?,28-,29+/m0/s1. The smallest absolute Gasteiger partial charge is 0.362 e. The van der Waals surface area contributed by atoms with Crippen LogP contribution in [0.4, 0.5) is 0 Å². The third kappa shape index (κ3) is 3.99. The number of ether oxygens (including phenoxy) is 1. The average molecular weight is 450 g/mol. The van der Waals surface area contributed by atoms with Gasteiger partial charge in [-0.1, -0.05) is 37.6 Å². The summed E-state index contributed by atoms with van der Waals surface area (Å²) in [5.74, 6) is 2.17. The number of likely N-dealkylation sites (N-methyl/N-ethyl adjacent to an activating group) is 1. The van der Waals surface area contributed by atoms with E-state index in [4.69, 9.17) is 4.74 Å². The SMILES string of the molecule is C[C@]12CC[C@H](OC(=O)C[N+](C)(C)C)CC1=CCC1C2CC[C@]2(C)C(c3cccnc3)=CCC12. The molecular weight excluding hydrogens is 408 g/mol. The second-order valence-corrected chi connectivity index (χ2v) is 12.6. The summed E-state index contributed by atoms with van der Waals surface area (Å²) in [5, 5.41) is 0. The number of carbonyl (C=O) groups is 1. The minimum atomic E-state index is -0.0567. The number of allylic oxidation sites excluding steroid dienone is 3. The Bertz CT molecular complexity index is 975. The van der Waals surface area contributed by atoms with Crippen LogP contribution in [-0.4, -0.2) is 49.2 Å². The first-order valence-corrected chi connectivity index (χ1v) is 12.9. The number of quaternary nitrogens is 1. The second-order valence-electron chi connectivity index (χ2n) is 12.6. The molecule has 0 aliphatic heterocycles. The van der Waals surface area contributed by atoms with E-state index in [0.29, 0.717) is 11.0 Å². The Morgan fingerprint density at radius 1 is 1.09 bits per heavy atom. The van der Waals surface area contributed by atoms with Gasteiger partial charge in [-0.15, -0.1) is 0 Å². The maximum Gasteiger partial charge on any atom is 0.362 e. The van der Waals surface area contributed by atoms with Crippen LogP contribution in [0.25, 0.3) is 5.57 Å². The molecule has 3 unspecified atom stereocenters. The van der Waals surface area contributed by atoms with Crippen LogP contribution in [0.3, 0.4) is 0 Å². The predicted molar refractivity (Wildman–Crippen MR) is 132 cm³/mol. The van der Waals surface area contributed by atoms with Gasteiger partial charge in [0.2, 0.25) is 0 Å². The molecule has 1 heterocycles. The lowest BCUT2D eigenvalue weighted by molar-refractivity contribution is -0.862. The molecule has 0 radical (unpaired) electrons. The van der Waals surface area contributed by atoms with E-state index in [0.717, 1.165) is 37.0 Å². The Morgan fingerprint density at radius 2 is 1.88 bits per heavy atom. The summed E-state index contributed by atoms with van der Waals surface area (Å²) in [6, 6.07) is 4.31. The molecule has 0 spiro atoms. The van der Waals surface area contributed by atoms with Crippen LogP contribution in [0.1, 0.15) is 64.4 Å². The number of esters is 1. The molecule has 4 heteroatoms. The van der Waals surface area contributed by atoms with Gasteiger partial charge in [0.25, 0.3) is 0 Å². The highest BCUT2D eigenvalue weighted by atomic mass is 16.5. The van der Waals surface area contributed by atoms with Crippen molar-refractivity contribution in [3.8, 4) is 0 Å². The van der Waals surface area contributed by atoms with Gasteiger partial charge >= 0.3 is 5.97 Å². The lowest BCUT2D eigenvalue weighted by Crippen LogP contribution is -2.50. The van der Waals surface area contributed by atoms with Crippen molar-refractivity contribution in [3.05, 3.63) is 47.8 Å². The van der Waals surface area contributed by atoms with E-state index in [1.807, 2.05) is 33.5 Å². The molecule has 2 saturated carbocycles. The second kappa shape index (κ2) is 8.08. The molecule has 5 rings (SSSR count). The number of carbonyl (C=O) groups excluding carboxylic acids is 1. The molecule has 178 valence electrons. The van der Waals surface area contributed by atoms with E-state index >= 15 is 0 Å². The third-order valence-corrected chi connectivity index (χ3v) is 9.51. The monoisotopic (exact) mass is 449 g/mol. The molecule has 1 aromatic rings. The molecule has 0 bridgehead atoms. The molecule has 0 amide bonds. The van der Waals surface area contributed by atoms with E-state index in [9.17, 15) is 4.79 Å². The van der Waals surface area contributed by atoms with Crippen LogP contribution < -0.4 is 0 Å². The summed E-state index contributed by atoms with van der Waals surface area (Å²) < 4.78 is 6.55. The maximum atomic E-state index is 12.4. The lowest BCUT2D eigenvalue weighted by Gasteiger charge is -2.57. The minimum absolute atomic E-state index is 0.0547. The summed E-state index contributed by atoms with van der Waals surface area (Å²) >= 11 is 0. The van der Waals surface area contributed by atoms with Crippen molar-refractivity contribution >= 4 is 11.5 Å². The van der Waals surface area contributed by atoms with Crippen molar-refractivity contribution < 1.29 is 14.0 Å². The van der Waals surface area contributed by atoms with Crippen LogP contribution in [0.15, 0.2) is 42.3 Å². The third-order valence-electron chi connectivity index (χ3n) is 9.51. The van der Waals surface area contributed by atoms with Gasteiger partial charge in [-0.25, -0.2) is 4.79 Å². The van der Waals surface area contributed by atoms with Crippen LogP contribution in [0, 0.1) is 28.6 Å². The van der Waals surface area contributed by atoms with Gasteiger partial charge in [0.15, 0.2) is 6.54 Å². The van der Waals surface area contributed by atoms with Crippen LogP contribution in [0.5, 0.6) is 0 Å². The summed E-state index contributed by atoms with van der Waals surface area (Å²) in [6.07, 6.45) is 17.1. The molecule has 4 aliphatic rings. The Hall–Kier alpha value is -1.94. The number of aromatic nitrogens is 1. The fraction of sp³-hybridized carbons (Fsp3) is 0.655. The number of hydrogen-bond donors (Lipinski definition) is 0. The van der Waals surface area contributed by atoms with Crippen molar-refractivity contribution in [1.29, 1.82) is 0 Å². The number of fused-ring (bicyclic) bond motifs is 5. The average Bonchev–Trinajstić information content (AvgIpc) is 3.10. The zero-order valence-corrected chi connectivity index (χ0v) is 21.1. The van der Waals surface area contributed by atoms with Gasteiger partial charge in [-0.3, -0.25) is 4.98 Å². The van der Waals surface area contributed by atoms with Crippen molar-refractivity contribution in [3.63, 3.8) is 0 Å². The fourth-order valence-electron chi connectivity index (χ4n) is 7.88. The quantitative estimate of drug-likeness (QED) is 0.338. The molecule has 4 aliphatic carbocycles. The molecule has 1 aromatic heterocycles. The molecule has 4 nitrogen and oxygen atoms in total. The van der Waals surface area contributed by atoms with Gasteiger partial charge in [0, 0.05) is 18.8 Å². The summed E-state index contributed by atoms with van der Waals surface area (Å²) in [6.45, 7) is 5.47.